The number of amides is 1. The van der Waals surface area contributed by atoms with Gasteiger partial charge in [0.2, 0.25) is 0 Å². The number of carbonyl (C=O) groups excluding carboxylic acids is 1. The summed E-state index contributed by atoms with van der Waals surface area (Å²) in [4.78, 5) is 11.4. The molecule has 0 spiro atoms. The fraction of sp³-hybridized carbons (Fsp3) is 0.929. The van der Waals surface area contributed by atoms with Crippen molar-refractivity contribution in [2.75, 3.05) is 0 Å². The highest BCUT2D eigenvalue weighted by Gasteiger charge is 2.17. The molecule has 0 saturated carbocycles. The molecule has 0 bridgehead atoms. The van der Waals surface area contributed by atoms with E-state index < -0.39 is 11.7 Å². The van der Waals surface area contributed by atoms with Gasteiger partial charge in [0.15, 0.2) is 0 Å². The van der Waals surface area contributed by atoms with Crippen molar-refractivity contribution in [3.63, 3.8) is 0 Å². The first-order valence-corrected chi connectivity index (χ1v) is 7.10. The first-order chi connectivity index (χ1) is 8.35. The minimum atomic E-state index is -0.468. The van der Waals surface area contributed by atoms with E-state index in [4.69, 9.17) is 10.5 Å². The maximum atomic E-state index is 11.4. The van der Waals surface area contributed by atoms with Crippen molar-refractivity contribution in [1.82, 2.24) is 5.32 Å². The third kappa shape index (κ3) is 11.7. The lowest BCUT2D eigenvalue weighted by atomic mass is 10.1. The SMILES string of the molecule is CCCCCCCCC(N)NC(=O)OC(C)(C)C. The fourth-order valence-corrected chi connectivity index (χ4v) is 1.68. The monoisotopic (exact) mass is 258 g/mol. The topological polar surface area (TPSA) is 64.3 Å². The maximum absolute atomic E-state index is 11.4. The molecule has 0 heterocycles. The van der Waals surface area contributed by atoms with Crippen LogP contribution in [0, 0.1) is 0 Å². The lowest BCUT2D eigenvalue weighted by molar-refractivity contribution is 0.0503. The van der Waals surface area contributed by atoms with Crippen LogP contribution >= 0.6 is 0 Å². The van der Waals surface area contributed by atoms with Gasteiger partial charge >= 0.3 is 6.09 Å². The molecule has 0 radical (unpaired) electrons. The Morgan fingerprint density at radius 2 is 1.72 bits per heavy atom. The predicted molar refractivity (Wildman–Crippen MR) is 75.3 cm³/mol. The van der Waals surface area contributed by atoms with Crippen molar-refractivity contribution in [2.45, 2.75) is 84.4 Å². The van der Waals surface area contributed by atoms with Crippen LogP contribution < -0.4 is 11.1 Å². The van der Waals surface area contributed by atoms with Gasteiger partial charge in [-0.2, -0.15) is 0 Å². The van der Waals surface area contributed by atoms with Gasteiger partial charge < -0.3 is 15.8 Å². The van der Waals surface area contributed by atoms with Crippen LogP contribution in [0.5, 0.6) is 0 Å². The summed E-state index contributed by atoms with van der Waals surface area (Å²) in [6.07, 6.45) is 7.45. The van der Waals surface area contributed by atoms with Gasteiger partial charge in [0.1, 0.15) is 5.60 Å². The summed E-state index contributed by atoms with van der Waals surface area (Å²) >= 11 is 0. The Morgan fingerprint density at radius 3 is 2.28 bits per heavy atom. The zero-order valence-corrected chi connectivity index (χ0v) is 12.4. The number of hydrogen-bond acceptors (Lipinski definition) is 3. The Morgan fingerprint density at radius 1 is 1.17 bits per heavy atom. The number of carbonyl (C=O) groups is 1. The molecule has 4 heteroatoms. The minimum absolute atomic E-state index is 0.300. The summed E-state index contributed by atoms with van der Waals surface area (Å²) < 4.78 is 5.14. The first-order valence-electron chi connectivity index (χ1n) is 7.10. The maximum Gasteiger partial charge on any atom is 0.408 e. The molecule has 1 amide bonds. The molecule has 4 nitrogen and oxygen atoms in total. The molecule has 0 fully saturated rings. The van der Waals surface area contributed by atoms with Gasteiger partial charge in [-0.3, -0.25) is 0 Å². The average Bonchev–Trinajstić information content (AvgIpc) is 2.20. The smallest absolute Gasteiger partial charge is 0.408 e. The van der Waals surface area contributed by atoms with E-state index >= 15 is 0 Å². The lowest BCUT2D eigenvalue weighted by Crippen LogP contribution is -2.44. The molecule has 1 atom stereocenters. The number of alkyl carbamates (subject to hydrolysis) is 1. The van der Waals surface area contributed by atoms with Crippen molar-refractivity contribution >= 4 is 6.09 Å². The van der Waals surface area contributed by atoms with E-state index in [0.29, 0.717) is 0 Å². The Hall–Kier alpha value is -0.770. The van der Waals surface area contributed by atoms with Gasteiger partial charge in [-0.15, -0.1) is 0 Å². The van der Waals surface area contributed by atoms with Crippen molar-refractivity contribution < 1.29 is 9.53 Å². The van der Waals surface area contributed by atoms with Gasteiger partial charge in [0.25, 0.3) is 0 Å². The van der Waals surface area contributed by atoms with Gasteiger partial charge in [-0.05, 0) is 27.2 Å². The highest BCUT2D eigenvalue weighted by Crippen LogP contribution is 2.09. The molecule has 0 rings (SSSR count). The number of ether oxygens (including phenoxy) is 1. The molecule has 0 aromatic carbocycles. The van der Waals surface area contributed by atoms with Gasteiger partial charge in [0.05, 0.1) is 6.17 Å². The molecule has 3 N–H and O–H groups in total. The van der Waals surface area contributed by atoms with E-state index in [1.165, 1.54) is 32.1 Å². The highest BCUT2D eigenvalue weighted by atomic mass is 16.6. The first kappa shape index (κ1) is 17.2. The summed E-state index contributed by atoms with van der Waals surface area (Å²) in [5, 5.41) is 2.66. The molecular weight excluding hydrogens is 228 g/mol. The van der Waals surface area contributed by atoms with Crippen LogP contribution in [0.15, 0.2) is 0 Å². The van der Waals surface area contributed by atoms with E-state index in [2.05, 4.69) is 12.2 Å². The van der Waals surface area contributed by atoms with E-state index in [-0.39, 0.29) is 6.17 Å². The molecule has 0 aromatic rings. The second-order valence-corrected chi connectivity index (χ2v) is 5.81. The average molecular weight is 258 g/mol. The standard InChI is InChI=1S/C14H30N2O2/c1-5-6-7-8-9-10-11-12(15)16-13(17)18-14(2,3)4/h12H,5-11,15H2,1-4H3,(H,16,17). The summed E-state index contributed by atoms with van der Waals surface area (Å²) in [7, 11) is 0. The second-order valence-electron chi connectivity index (χ2n) is 5.81. The van der Waals surface area contributed by atoms with Gasteiger partial charge in [-0.25, -0.2) is 4.79 Å². The number of hydrogen-bond donors (Lipinski definition) is 2. The number of nitrogens with one attached hydrogen (secondary N) is 1. The third-order valence-corrected chi connectivity index (χ3v) is 2.57. The van der Waals surface area contributed by atoms with Gasteiger partial charge in [-0.1, -0.05) is 45.4 Å². The Bertz CT molecular complexity index is 224. The summed E-state index contributed by atoms with van der Waals surface area (Å²) in [5.41, 5.74) is 5.35. The van der Waals surface area contributed by atoms with Crippen LogP contribution in [0.1, 0.15) is 72.6 Å². The molecule has 0 aliphatic rings. The van der Waals surface area contributed by atoms with Crippen molar-refractivity contribution in [1.29, 1.82) is 0 Å². The summed E-state index contributed by atoms with van der Waals surface area (Å²) in [6, 6.07) is 0. The summed E-state index contributed by atoms with van der Waals surface area (Å²) in [5.74, 6) is 0. The van der Waals surface area contributed by atoms with Crippen molar-refractivity contribution in [3.8, 4) is 0 Å². The zero-order chi connectivity index (χ0) is 14.0. The van der Waals surface area contributed by atoms with Crippen LogP contribution in [0.3, 0.4) is 0 Å². The number of unbranched alkanes of at least 4 members (excludes halogenated alkanes) is 5. The van der Waals surface area contributed by atoms with E-state index in [1.807, 2.05) is 20.8 Å². The van der Waals surface area contributed by atoms with E-state index in [1.54, 1.807) is 0 Å². The van der Waals surface area contributed by atoms with Crippen LogP contribution in [-0.4, -0.2) is 17.9 Å². The Kier molecular flexibility index (Phi) is 8.81. The minimum Gasteiger partial charge on any atom is -0.444 e. The number of nitrogens with two attached hydrogens (primary N) is 1. The largest absolute Gasteiger partial charge is 0.444 e. The number of rotatable bonds is 8. The van der Waals surface area contributed by atoms with Crippen molar-refractivity contribution in [3.05, 3.63) is 0 Å². The molecule has 0 aliphatic heterocycles. The van der Waals surface area contributed by atoms with Crippen LogP contribution in [0.2, 0.25) is 0 Å². The molecule has 108 valence electrons. The molecule has 0 aliphatic carbocycles. The zero-order valence-electron chi connectivity index (χ0n) is 12.4. The van der Waals surface area contributed by atoms with E-state index in [9.17, 15) is 4.79 Å². The van der Waals surface area contributed by atoms with Crippen LogP contribution in [-0.2, 0) is 4.74 Å². The van der Waals surface area contributed by atoms with Crippen LogP contribution in [0.25, 0.3) is 0 Å². The van der Waals surface area contributed by atoms with Gasteiger partial charge in [0, 0.05) is 0 Å². The second kappa shape index (κ2) is 9.20. The molecule has 18 heavy (non-hydrogen) atoms. The Balaban J connectivity index is 3.53. The third-order valence-electron chi connectivity index (χ3n) is 2.57. The highest BCUT2D eigenvalue weighted by molar-refractivity contribution is 5.67. The van der Waals surface area contributed by atoms with Crippen molar-refractivity contribution in [2.24, 2.45) is 5.73 Å². The van der Waals surface area contributed by atoms with Crippen LogP contribution in [0.4, 0.5) is 4.79 Å². The Labute approximate surface area is 112 Å². The molecular formula is C14H30N2O2. The van der Waals surface area contributed by atoms with E-state index in [0.717, 1.165) is 12.8 Å². The summed E-state index contributed by atoms with van der Waals surface area (Å²) in [6.45, 7) is 7.73. The molecule has 0 aromatic heterocycles. The lowest BCUT2D eigenvalue weighted by Gasteiger charge is -2.21. The fourth-order valence-electron chi connectivity index (χ4n) is 1.68. The molecule has 1 unspecified atom stereocenters. The predicted octanol–water partition coefficient (Wildman–Crippen LogP) is 3.55. The molecule has 0 saturated heterocycles. The normalized spacial score (nSPS) is 13.2. The quantitative estimate of drug-likeness (QED) is 0.517.